The Morgan fingerprint density at radius 2 is 1.52 bits per heavy atom. The molecule has 1 saturated carbocycles. The Labute approximate surface area is 431 Å². The molecule has 1 spiro atoms. The van der Waals surface area contributed by atoms with Crippen molar-refractivity contribution >= 4 is 52.4 Å². The van der Waals surface area contributed by atoms with Gasteiger partial charge < -0.3 is 60.3 Å². The molecule has 1 unspecified atom stereocenters. The number of hydrogen-bond acceptors (Lipinski definition) is 13. The summed E-state index contributed by atoms with van der Waals surface area (Å²) in [4.78, 5) is 72.0. The van der Waals surface area contributed by atoms with Gasteiger partial charge in [-0.15, -0.1) is 0 Å². The number of ether oxygens (including phenoxy) is 5. The molecule has 4 aliphatic heterocycles. The van der Waals surface area contributed by atoms with Crippen molar-refractivity contribution < 1.29 is 65.9 Å². The molecule has 2 fully saturated rings. The SMILES string of the molecule is COc1cc2c(cc1OCCCOc1cc3c(cc1OC)C(=O)N1CC4(CC4)C[C@H]1C(O)N3C(=O)OCc1ccc(NC(=O)[C@H](C)NC(=O)[C@@H](N)C(C)C)cc1)NC[C@@H]1CC(c3ccc(C(F)(F)F)cc3)=CN1C2=O. The number of nitrogens with one attached hydrogen (secondary N) is 3. The molecule has 9 rings (SSSR count). The van der Waals surface area contributed by atoms with Gasteiger partial charge in [-0.1, -0.05) is 38.1 Å². The molecule has 4 heterocycles. The predicted octanol–water partition coefficient (Wildman–Crippen LogP) is 7.15. The fraction of sp³-hybridized carbons (Fsp3) is 0.426. The van der Waals surface area contributed by atoms with E-state index >= 15 is 0 Å². The number of aliphatic hydroxyl groups is 1. The summed E-state index contributed by atoms with van der Waals surface area (Å²) in [6.07, 6.45) is -2.07. The molecule has 5 amide bonds. The number of anilines is 3. The number of hydrogen-bond donors (Lipinski definition) is 5. The predicted molar refractivity (Wildman–Crippen MR) is 269 cm³/mol. The number of carbonyl (C=O) groups is 5. The third kappa shape index (κ3) is 10.9. The van der Waals surface area contributed by atoms with Crippen molar-refractivity contribution in [3.63, 3.8) is 0 Å². The van der Waals surface area contributed by atoms with Crippen LogP contribution in [-0.2, 0) is 27.1 Å². The molecule has 18 nitrogen and oxygen atoms in total. The lowest BCUT2D eigenvalue weighted by molar-refractivity contribution is -0.137. The van der Waals surface area contributed by atoms with Gasteiger partial charge in [0.1, 0.15) is 12.6 Å². The van der Waals surface area contributed by atoms with Gasteiger partial charge in [0.25, 0.3) is 11.8 Å². The molecular formula is C54H60F3N7O11. The van der Waals surface area contributed by atoms with E-state index in [1.54, 1.807) is 59.3 Å². The van der Waals surface area contributed by atoms with E-state index in [1.165, 1.54) is 38.5 Å². The van der Waals surface area contributed by atoms with Crippen molar-refractivity contribution in [3.05, 3.63) is 107 Å². The van der Waals surface area contributed by atoms with Gasteiger partial charge in [0.15, 0.2) is 29.2 Å². The Hall–Kier alpha value is -7.52. The molecule has 0 bridgehead atoms. The molecule has 398 valence electrons. The van der Waals surface area contributed by atoms with Gasteiger partial charge in [0.2, 0.25) is 11.8 Å². The third-order valence-electron chi connectivity index (χ3n) is 14.5. The van der Waals surface area contributed by atoms with E-state index in [1.807, 2.05) is 13.8 Å². The molecule has 75 heavy (non-hydrogen) atoms. The number of nitrogens with two attached hydrogens (primary N) is 1. The van der Waals surface area contributed by atoms with Crippen LogP contribution in [0.3, 0.4) is 0 Å². The normalized spacial score (nSPS) is 20.1. The van der Waals surface area contributed by atoms with Gasteiger partial charge in [-0.2, -0.15) is 13.2 Å². The lowest BCUT2D eigenvalue weighted by atomic mass is 10.0. The maximum absolute atomic E-state index is 14.3. The molecule has 5 atom stereocenters. The van der Waals surface area contributed by atoms with Crippen LogP contribution in [-0.4, -0.2) is 116 Å². The minimum absolute atomic E-state index is 0.0703. The molecule has 1 saturated heterocycles. The quantitative estimate of drug-likeness (QED) is 0.0705. The minimum atomic E-state index is -4.46. The first kappa shape index (κ1) is 52.3. The van der Waals surface area contributed by atoms with Gasteiger partial charge in [-0.25, -0.2) is 9.69 Å². The van der Waals surface area contributed by atoms with Gasteiger partial charge in [0.05, 0.1) is 73.6 Å². The van der Waals surface area contributed by atoms with Crippen molar-refractivity contribution in [2.45, 2.75) is 96.1 Å². The molecule has 21 heteroatoms. The van der Waals surface area contributed by atoms with Crippen molar-refractivity contribution in [2.75, 3.05) is 56.1 Å². The second-order valence-electron chi connectivity index (χ2n) is 20.0. The number of rotatable bonds is 16. The Morgan fingerprint density at radius 3 is 2.15 bits per heavy atom. The highest BCUT2D eigenvalue weighted by atomic mass is 19.4. The number of methoxy groups -OCH3 is 2. The van der Waals surface area contributed by atoms with E-state index in [0.717, 1.165) is 35.4 Å². The van der Waals surface area contributed by atoms with E-state index < -0.39 is 54.0 Å². The fourth-order valence-electron chi connectivity index (χ4n) is 9.90. The van der Waals surface area contributed by atoms with Crippen molar-refractivity contribution in [2.24, 2.45) is 17.1 Å². The van der Waals surface area contributed by atoms with E-state index in [2.05, 4.69) is 16.0 Å². The van der Waals surface area contributed by atoms with E-state index in [0.29, 0.717) is 71.9 Å². The zero-order valence-corrected chi connectivity index (χ0v) is 42.1. The molecule has 0 aromatic heterocycles. The van der Waals surface area contributed by atoms with Crippen LogP contribution in [0.5, 0.6) is 23.0 Å². The van der Waals surface area contributed by atoms with Crippen molar-refractivity contribution in [1.29, 1.82) is 0 Å². The summed E-state index contributed by atoms with van der Waals surface area (Å²) in [7, 11) is 2.88. The highest BCUT2D eigenvalue weighted by Gasteiger charge is 2.58. The summed E-state index contributed by atoms with van der Waals surface area (Å²) in [6, 6.07) is 15.1. The summed E-state index contributed by atoms with van der Waals surface area (Å²) < 4.78 is 69.1. The van der Waals surface area contributed by atoms with E-state index in [4.69, 9.17) is 29.4 Å². The first-order chi connectivity index (χ1) is 35.8. The minimum Gasteiger partial charge on any atom is -0.493 e. The van der Waals surface area contributed by atoms with E-state index in [-0.39, 0.29) is 71.8 Å². The second kappa shape index (κ2) is 21.0. The van der Waals surface area contributed by atoms with Gasteiger partial charge >= 0.3 is 12.3 Å². The first-order valence-electron chi connectivity index (χ1n) is 24.8. The van der Waals surface area contributed by atoms with Crippen LogP contribution in [0.1, 0.15) is 90.3 Å². The van der Waals surface area contributed by atoms with Crippen LogP contribution >= 0.6 is 0 Å². The highest BCUT2D eigenvalue weighted by Crippen LogP contribution is 2.57. The largest absolute Gasteiger partial charge is 0.493 e. The molecule has 4 aromatic carbocycles. The zero-order chi connectivity index (χ0) is 53.5. The molecule has 1 aliphatic carbocycles. The Balaban J connectivity index is 0.853. The highest BCUT2D eigenvalue weighted by molar-refractivity contribution is 6.06. The van der Waals surface area contributed by atoms with Gasteiger partial charge in [0, 0.05) is 43.5 Å². The average molecular weight is 1040 g/mol. The lowest BCUT2D eigenvalue weighted by Crippen LogP contribution is -2.50. The van der Waals surface area contributed by atoms with Gasteiger partial charge in [-0.3, -0.25) is 19.2 Å². The fourth-order valence-corrected chi connectivity index (χ4v) is 9.90. The molecular weight excluding hydrogens is 980 g/mol. The van der Waals surface area contributed by atoms with Crippen LogP contribution in [0, 0.1) is 11.3 Å². The molecule has 0 radical (unpaired) electrons. The maximum atomic E-state index is 14.3. The number of carbonyl (C=O) groups excluding carboxylic acids is 5. The maximum Gasteiger partial charge on any atom is 0.416 e. The number of fused-ring (bicyclic) bond motifs is 4. The summed E-state index contributed by atoms with van der Waals surface area (Å²) >= 11 is 0. The standard InChI is InChI=1S/C54H60F3N7O11/c1-29(2)46(58)48(66)60-30(3)47(65)61-35-13-7-31(8-14-35)27-75-52(70)64-40-23-45(43(72-5)21-38(40)50(68)63-28-53(15-16-53)24-41(63)51(64)69)74-18-6-17-73-44-22-39-37(20-42(44)71-4)49(67)62-26-33(19-36(62)25-59-39)32-9-11-34(12-10-32)54(55,56)57/h7-14,20-23,26,29-30,36,41,46,51,59,69H,6,15-19,24-25,27-28,58H2,1-5H3,(H,60,66)(H,61,65)/t30-,36-,41-,46-,51?/m0/s1. The smallest absolute Gasteiger partial charge is 0.416 e. The number of aliphatic hydroxyl groups excluding tert-OH is 1. The van der Waals surface area contributed by atoms with Gasteiger partial charge in [-0.05, 0) is 97.0 Å². The summed E-state index contributed by atoms with van der Waals surface area (Å²) in [5.41, 5.74) is 8.44. The Kier molecular flexibility index (Phi) is 14.7. The first-order valence-corrected chi connectivity index (χ1v) is 24.8. The lowest BCUT2D eigenvalue weighted by Gasteiger charge is -2.31. The molecule has 5 aliphatic rings. The second-order valence-corrected chi connectivity index (χ2v) is 20.0. The molecule has 6 N–H and O–H groups in total. The average Bonchev–Trinajstić information content (AvgIpc) is 3.92. The monoisotopic (exact) mass is 1040 g/mol. The summed E-state index contributed by atoms with van der Waals surface area (Å²) in [5.74, 6) is -0.609. The van der Waals surface area contributed by atoms with Crippen molar-refractivity contribution in [3.8, 4) is 23.0 Å². The third-order valence-corrected chi connectivity index (χ3v) is 14.5. The number of benzene rings is 4. The number of amides is 5. The van der Waals surface area contributed by atoms with Crippen LogP contribution in [0.25, 0.3) is 5.57 Å². The van der Waals surface area contributed by atoms with Crippen LogP contribution < -0.4 is 45.5 Å². The van der Waals surface area contributed by atoms with Crippen molar-refractivity contribution in [1.82, 2.24) is 15.1 Å². The molecule has 4 aromatic rings. The van der Waals surface area contributed by atoms with Crippen LogP contribution in [0.4, 0.5) is 35.0 Å². The van der Waals surface area contributed by atoms with E-state index in [9.17, 15) is 42.3 Å². The number of halogens is 3. The number of nitrogens with zero attached hydrogens (tertiary/aromatic N) is 3. The zero-order valence-electron chi connectivity index (χ0n) is 42.1. The topological polar surface area (TPSA) is 224 Å². The van der Waals surface area contributed by atoms with Crippen LogP contribution in [0.15, 0.2) is 79.0 Å². The summed E-state index contributed by atoms with van der Waals surface area (Å²) in [5, 5.41) is 20.7. The number of alkyl halides is 3. The summed E-state index contributed by atoms with van der Waals surface area (Å²) in [6.45, 7) is 5.97. The van der Waals surface area contributed by atoms with Crippen LogP contribution in [0.2, 0.25) is 0 Å². The Morgan fingerprint density at radius 1 is 0.867 bits per heavy atom. The Bertz CT molecular complexity index is 2890.